The molecular formula is C16H19NO. The predicted molar refractivity (Wildman–Crippen MR) is 74.8 cm³/mol. The minimum Gasteiger partial charge on any atom is -0.491 e. The van der Waals surface area contributed by atoms with Gasteiger partial charge in [-0.15, -0.1) is 0 Å². The van der Waals surface area contributed by atoms with Gasteiger partial charge in [-0.05, 0) is 36.6 Å². The lowest BCUT2D eigenvalue weighted by Crippen LogP contribution is -2.19. The third-order valence-electron chi connectivity index (χ3n) is 3.20. The van der Waals surface area contributed by atoms with Crippen molar-refractivity contribution >= 4 is 0 Å². The fourth-order valence-corrected chi connectivity index (χ4v) is 1.86. The molecule has 2 heteroatoms. The van der Waals surface area contributed by atoms with E-state index < -0.39 is 0 Å². The lowest BCUT2D eigenvalue weighted by molar-refractivity contribution is 0.288. The monoisotopic (exact) mass is 241 g/mol. The molecule has 18 heavy (non-hydrogen) atoms. The molecule has 1 atom stereocenters. The zero-order valence-electron chi connectivity index (χ0n) is 10.9. The second-order valence-corrected chi connectivity index (χ2v) is 4.53. The molecule has 0 aliphatic heterocycles. The van der Waals surface area contributed by atoms with Gasteiger partial charge in [-0.3, -0.25) is 0 Å². The molecule has 0 saturated heterocycles. The molecule has 0 spiro atoms. The maximum atomic E-state index is 6.11. The lowest BCUT2D eigenvalue weighted by Gasteiger charge is -2.15. The number of hydrogen-bond acceptors (Lipinski definition) is 2. The molecule has 0 fully saturated rings. The van der Waals surface area contributed by atoms with E-state index in [1.807, 2.05) is 42.5 Å². The summed E-state index contributed by atoms with van der Waals surface area (Å²) in [4.78, 5) is 0. The normalized spacial score (nSPS) is 12.2. The molecule has 2 rings (SSSR count). The van der Waals surface area contributed by atoms with Gasteiger partial charge in [0.2, 0.25) is 0 Å². The van der Waals surface area contributed by atoms with Crippen LogP contribution in [-0.4, -0.2) is 6.61 Å². The molecule has 0 bridgehead atoms. The number of aryl methyl sites for hydroxylation is 1. The van der Waals surface area contributed by atoms with E-state index in [-0.39, 0.29) is 6.04 Å². The largest absolute Gasteiger partial charge is 0.491 e. The van der Waals surface area contributed by atoms with Gasteiger partial charge in [-0.2, -0.15) is 0 Å². The summed E-state index contributed by atoms with van der Waals surface area (Å²) in [7, 11) is 0. The van der Waals surface area contributed by atoms with Gasteiger partial charge in [0, 0.05) is 0 Å². The molecule has 0 aliphatic rings. The van der Waals surface area contributed by atoms with Crippen molar-refractivity contribution in [3.05, 3.63) is 65.2 Å². The Morgan fingerprint density at radius 1 is 1.00 bits per heavy atom. The first-order chi connectivity index (χ1) is 8.68. The van der Waals surface area contributed by atoms with E-state index in [4.69, 9.17) is 10.5 Å². The third kappa shape index (κ3) is 2.90. The quantitative estimate of drug-likeness (QED) is 0.890. The van der Waals surface area contributed by atoms with Gasteiger partial charge in [-0.25, -0.2) is 0 Å². The zero-order valence-corrected chi connectivity index (χ0v) is 10.9. The first-order valence-corrected chi connectivity index (χ1v) is 6.18. The highest BCUT2D eigenvalue weighted by molar-refractivity contribution is 5.38. The molecule has 1 unspecified atom stereocenters. The van der Waals surface area contributed by atoms with Crippen LogP contribution >= 0.6 is 0 Å². The van der Waals surface area contributed by atoms with Crippen LogP contribution in [0.15, 0.2) is 48.5 Å². The molecule has 2 nitrogen and oxygen atoms in total. The van der Waals surface area contributed by atoms with Gasteiger partial charge in [0.15, 0.2) is 0 Å². The summed E-state index contributed by atoms with van der Waals surface area (Å²) in [5, 5.41) is 0. The maximum absolute atomic E-state index is 6.11. The fraction of sp³-hybridized carbons (Fsp3) is 0.250. The van der Waals surface area contributed by atoms with E-state index in [0.29, 0.717) is 6.61 Å². The van der Waals surface area contributed by atoms with Crippen molar-refractivity contribution in [2.45, 2.75) is 19.9 Å². The van der Waals surface area contributed by atoms with Crippen molar-refractivity contribution in [1.29, 1.82) is 0 Å². The fourth-order valence-electron chi connectivity index (χ4n) is 1.86. The lowest BCUT2D eigenvalue weighted by atomic mass is 10.1. The minimum atomic E-state index is -0.0916. The van der Waals surface area contributed by atoms with Crippen molar-refractivity contribution in [3.63, 3.8) is 0 Å². The van der Waals surface area contributed by atoms with Gasteiger partial charge in [-0.1, -0.05) is 42.5 Å². The minimum absolute atomic E-state index is 0.0916. The highest BCUT2D eigenvalue weighted by atomic mass is 16.5. The van der Waals surface area contributed by atoms with Crippen LogP contribution in [0, 0.1) is 13.8 Å². The second-order valence-electron chi connectivity index (χ2n) is 4.53. The van der Waals surface area contributed by atoms with Gasteiger partial charge in [0.05, 0.1) is 6.04 Å². The summed E-state index contributed by atoms with van der Waals surface area (Å²) >= 11 is 0. The SMILES string of the molecule is Cc1cccc(OCC(N)c2ccccc2)c1C. The predicted octanol–water partition coefficient (Wildman–Crippen LogP) is 3.38. The Bertz CT molecular complexity index is 508. The standard InChI is InChI=1S/C16H19NO/c1-12-7-6-10-16(13(12)2)18-11-15(17)14-8-4-3-5-9-14/h3-10,15H,11,17H2,1-2H3. The van der Waals surface area contributed by atoms with Crippen LogP contribution in [0.1, 0.15) is 22.7 Å². The van der Waals surface area contributed by atoms with Crippen molar-refractivity contribution in [2.75, 3.05) is 6.61 Å². The maximum Gasteiger partial charge on any atom is 0.122 e. The molecule has 0 radical (unpaired) electrons. The molecule has 0 amide bonds. The summed E-state index contributed by atoms with van der Waals surface area (Å²) in [5.41, 5.74) is 9.62. The van der Waals surface area contributed by atoms with Crippen LogP contribution in [0.2, 0.25) is 0 Å². The average molecular weight is 241 g/mol. The summed E-state index contributed by atoms with van der Waals surface area (Å²) < 4.78 is 5.81. The Labute approximate surface area is 108 Å². The molecule has 2 N–H and O–H groups in total. The molecule has 0 aromatic heterocycles. The zero-order chi connectivity index (χ0) is 13.0. The Kier molecular flexibility index (Phi) is 4.00. The molecule has 0 aliphatic carbocycles. The molecule has 0 heterocycles. The number of hydrogen-bond donors (Lipinski definition) is 1. The van der Waals surface area contributed by atoms with Gasteiger partial charge >= 0.3 is 0 Å². The Balaban J connectivity index is 2.02. The summed E-state index contributed by atoms with van der Waals surface area (Å²) in [5.74, 6) is 0.918. The van der Waals surface area contributed by atoms with E-state index in [9.17, 15) is 0 Å². The number of rotatable bonds is 4. The van der Waals surface area contributed by atoms with E-state index in [1.165, 1.54) is 11.1 Å². The third-order valence-corrected chi connectivity index (χ3v) is 3.20. The number of nitrogens with two attached hydrogens (primary N) is 1. The van der Waals surface area contributed by atoms with Crippen LogP contribution in [-0.2, 0) is 0 Å². The Morgan fingerprint density at radius 3 is 2.44 bits per heavy atom. The van der Waals surface area contributed by atoms with Gasteiger partial charge in [0.1, 0.15) is 12.4 Å². The second kappa shape index (κ2) is 5.69. The van der Waals surface area contributed by atoms with E-state index in [2.05, 4.69) is 19.9 Å². The van der Waals surface area contributed by atoms with Gasteiger partial charge < -0.3 is 10.5 Å². The summed E-state index contributed by atoms with van der Waals surface area (Å²) in [6, 6.07) is 16.0. The van der Waals surface area contributed by atoms with Crippen LogP contribution < -0.4 is 10.5 Å². The van der Waals surface area contributed by atoms with E-state index >= 15 is 0 Å². The first kappa shape index (κ1) is 12.7. The molecule has 94 valence electrons. The van der Waals surface area contributed by atoms with Crippen molar-refractivity contribution < 1.29 is 4.74 Å². The van der Waals surface area contributed by atoms with Crippen LogP contribution in [0.3, 0.4) is 0 Å². The molecule has 0 saturated carbocycles. The molecule has 2 aromatic rings. The Morgan fingerprint density at radius 2 is 1.72 bits per heavy atom. The molecular weight excluding hydrogens is 222 g/mol. The van der Waals surface area contributed by atoms with Gasteiger partial charge in [0.25, 0.3) is 0 Å². The summed E-state index contributed by atoms with van der Waals surface area (Å²) in [6.45, 7) is 4.65. The van der Waals surface area contributed by atoms with Crippen LogP contribution in [0.5, 0.6) is 5.75 Å². The Hall–Kier alpha value is -1.80. The highest BCUT2D eigenvalue weighted by Gasteiger charge is 2.08. The van der Waals surface area contributed by atoms with E-state index in [0.717, 1.165) is 11.3 Å². The first-order valence-electron chi connectivity index (χ1n) is 6.18. The van der Waals surface area contributed by atoms with E-state index in [1.54, 1.807) is 0 Å². The van der Waals surface area contributed by atoms with Crippen LogP contribution in [0.25, 0.3) is 0 Å². The van der Waals surface area contributed by atoms with Crippen molar-refractivity contribution in [2.24, 2.45) is 5.73 Å². The molecule has 2 aromatic carbocycles. The van der Waals surface area contributed by atoms with Crippen LogP contribution in [0.4, 0.5) is 0 Å². The highest BCUT2D eigenvalue weighted by Crippen LogP contribution is 2.21. The average Bonchev–Trinajstić information content (AvgIpc) is 2.41. The number of ether oxygens (including phenoxy) is 1. The topological polar surface area (TPSA) is 35.2 Å². The smallest absolute Gasteiger partial charge is 0.122 e. The summed E-state index contributed by atoms with van der Waals surface area (Å²) in [6.07, 6.45) is 0. The van der Waals surface area contributed by atoms with Crippen molar-refractivity contribution in [1.82, 2.24) is 0 Å². The van der Waals surface area contributed by atoms with Crippen molar-refractivity contribution in [3.8, 4) is 5.75 Å². The number of benzene rings is 2.